The minimum Gasteiger partial charge on any atom is -0.493 e. The van der Waals surface area contributed by atoms with Crippen molar-refractivity contribution in [1.82, 2.24) is 4.57 Å². The van der Waals surface area contributed by atoms with Crippen LogP contribution in [0, 0.1) is 5.92 Å². The van der Waals surface area contributed by atoms with Crippen LogP contribution in [0.2, 0.25) is 0 Å². The highest BCUT2D eigenvalue weighted by molar-refractivity contribution is 8.03. The molecule has 3 aromatic carbocycles. The zero-order valence-corrected chi connectivity index (χ0v) is 26.0. The summed E-state index contributed by atoms with van der Waals surface area (Å²) in [5.74, 6) is 1.55. The van der Waals surface area contributed by atoms with E-state index in [-0.39, 0.29) is 10.8 Å². The Morgan fingerprint density at radius 3 is 2.31 bits per heavy atom. The molecule has 1 aliphatic carbocycles. The Bertz CT molecular complexity index is 1650. The van der Waals surface area contributed by atoms with E-state index in [0.717, 1.165) is 39.1 Å². The van der Waals surface area contributed by atoms with Gasteiger partial charge in [-0.3, -0.25) is 4.79 Å². The molecule has 0 saturated heterocycles. The van der Waals surface area contributed by atoms with Gasteiger partial charge in [0.2, 0.25) is 5.88 Å². The predicted octanol–water partition coefficient (Wildman–Crippen LogP) is 9.82. The van der Waals surface area contributed by atoms with Crippen LogP contribution >= 0.6 is 23.1 Å². The predicted molar refractivity (Wildman–Crippen MR) is 178 cm³/mol. The summed E-state index contributed by atoms with van der Waals surface area (Å²) in [5.41, 5.74) is 8.77. The van der Waals surface area contributed by atoms with Crippen LogP contribution in [-0.4, -0.2) is 16.7 Å². The van der Waals surface area contributed by atoms with Gasteiger partial charge >= 0.3 is 4.87 Å². The van der Waals surface area contributed by atoms with E-state index < -0.39 is 0 Å². The molecule has 4 aromatic rings. The van der Waals surface area contributed by atoms with Gasteiger partial charge in [-0.1, -0.05) is 110 Å². The maximum absolute atomic E-state index is 12.9. The van der Waals surface area contributed by atoms with E-state index in [4.69, 9.17) is 0 Å². The first-order chi connectivity index (χ1) is 20.5. The second-order valence-corrected chi connectivity index (χ2v) is 13.5. The van der Waals surface area contributed by atoms with Gasteiger partial charge in [0.05, 0.1) is 11.4 Å². The second kappa shape index (κ2) is 12.8. The van der Waals surface area contributed by atoms with Gasteiger partial charge in [-0.2, -0.15) is 0 Å². The number of thiazole rings is 1. The Morgan fingerprint density at radius 2 is 1.62 bits per heavy atom. The molecule has 0 atom stereocenters. The lowest BCUT2D eigenvalue weighted by atomic mass is 9.77. The van der Waals surface area contributed by atoms with Crippen LogP contribution in [-0.2, 0) is 0 Å². The molecular weight excluding hydrogens is 557 g/mol. The average molecular weight is 595 g/mol. The molecule has 216 valence electrons. The smallest absolute Gasteiger partial charge is 0.315 e. The number of thioether (sulfide) groups is 1. The molecule has 0 unspecified atom stereocenters. The van der Waals surface area contributed by atoms with Gasteiger partial charge in [-0.25, -0.2) is 4.57 Å². The van der Waals surface area contributed by atoms with Crippen molar-refractivity contribution in [1.29, 1.82) is 0 Å². The summed E-state index contributed by atoms with van der Waals surface area (Å²) >= 11 is 2.65. The van der Waals surface area contributed by atoms with Crippen molar-refractivity contribution in [3.05, 3.63) is 104 Å². The zero-order chi connectivity index (χ0) is 29.1. The summed E-state index contributed by atoms with van der Waals surface area (Å²) in [6, 6.07) is 25.1. The van der Waals surface area contributed by atoms with Crippen molar-refractivity contribution in [2.75, 3.05) is 11.9 Å². The minimum atomic E-state index is -0.224. The van der Waals surface area contributed by atoms with Gasteiger partial charge in [0.15, 0.2) is 0 Å². The first-order valence-electron chi connectivity index (χ1n) is 15.1. The summed E-state index contributed by atoms with van der Waals surface area (Å²) in [5, 5.41) is 11.9. The van der Waals surface area contributed by atoms with Crippen molar-refractivity contribution >= 4 is 34.9 Å². The van der Waals surface area contributed by atoms with E-state index in [1.54, 1.807) is 17.8 Å². The third-order valence-electron chi connectivity index (χ3n) is 8.78. The lowest BCUT2D eigenvalue weighted by Gasteiger charge is -2.29. The normalized spacial score (nSPS) is 18.1. The highest BCUT2D eigenvalue weighted by Crippen LogP contribution is 2.44. The van der Waals surface area contributed by atoms with Gasteiger partial charge in [0.25, 0.3) is 0 Å². The molecule has 6 rings (SSSR count). The van der Waals surface area contributed by atoms with Gasteiger partial charge < -0.3 is 10.0 Å². The molecule has 2 heterocycles. The number of para-hydroxylation sites is 1. The highest BCUT2D eigenvalue weighted by atomic mass is 32.2. The van der Waals surface area contributed by atoms with E-state index in [1.807, 2.05) is 43.4 Å². The van der Waals surface area contributed by atoms with Crippen LogP contribution in [0.1, 0.15) is 74.6 Å². The molecule has 4 nitrogen and oxygen atoms in total. The largest absolute Gasteiger partial charge is 0.493 e. The maximum Gasteiger partial charge on any atom is 0.315 e. The van der Waals surface area contributed by atoms with Crippen LogP contribution in [0.25, 0.3) is 22.9 Å². The van der Waals surface area contributed by atoms with E-state index in [0.29, 0.717) is 16.5 Å². The third-order valence-corrected chi connectivity index (χ3v) is 10.8. The summed E-state index contributed by atoms with van der Waals surface area (Å²) in [4.78, 5) is 16.4. The molecular formula is C36H38N2O2S2. The molecule has 1 aromatic heterocycles. The SMILES string of the molecule is CCCCCC1CCC(c2ccc(-c3ccc(-n4c(O)c(C=C=C5Sc6ccccc6N5C)sc4=O)cc3)cc2)CC1. The van der Waals surface area contributed by atoms with Gasteiger partial charge in [0.1, 0.15) is 9.91 Å². The molecule has 1 N–H and O–H groups in total. The average Bonchev–Trinajstić information content (AvgIpc) is 3.50. The van der Waals surface area contributed by atoms with Crippen LogP contribution in [0.4, 0.5) is 5.69 Å². The van der Waals surface area contributed by atoms with Crippen molar-refractivity contribution in [3.8, 4) is 22.7 Å². The fourth-order valence-electron chi connectivity index (χ4n) is 6.28. The number of rotatable bonds is 8. The van der Waals surface area contributed by atoms with E-state index in [9.17, 15) is 9.90 Å². The van der Waals surface area contributed by atoms with Crippen LogP contribution in [0.5, 0.6) is 5.88 Å². The quantitative estimate of drug-likeness (QED) is 0.163. The Labute approximate surface area is 257 Å². The molecule has 1 fully saturated rings. The lowest BCUT2D eigenvalue weighted by molar-refractivity contribution is 0.303. The fraction of sp³-hybridized carbons (Fsp3) is 0.333. The minimum absolute atomic E-state index is 0.0570. The lowest BCUT2D eigenvalue weighted by Crippen LogP contribution is -2.13. The molecule has 2 aliphatic rings. The summed E-state index contributed by atoms with van der Waals surface area (Å²) in [6.07, 6.45) is 12.5. The topological polar surface area (TPSA) is 45.5 Å². The standard InChI is InChI=1S/C36H38N2O2S2/c1-3-4-5-8-25-11-13-26(14-12-25)27-15-17-28(18-16-27)29-19-21-30(22-20-29)38-35(39)33(42-36(38)40)23-24-34-37(2)31-9-6-7-10-32(31)41-34/h6-7,9-10,15-23,25-26,39H,3-5,8,11-14H2,1-2H3. The molecule has 42 heavy (non-hydrogen) atoms. The van der Waals surface area contributed by atoms with Crippen molar-refractivity contribution in [3.63, 3.8) is 0 Å². The number of aromatic hydroxyl groups is 1. The number of nitrogens with zero attached hydrogens (tertiary/aromatic N) is 2. The number of hydrogen-bond acceptors (Lipinski definition) is 5. The maximum atomic E-state index is 12.9. The number of hydrogen-bond donors (Lipinski definition) is 1. The first-order valence-corrected chi connectivity index (χ1v) is 16.8. The monoisotopic (exact) mass is 594 g/mol. The molecule has 0 spiro atoms. The summed E-state index contributed by atoms with van der Waals surface area (Å²) in [7, 11) is 2.00. The molecule has 0 bridgehead atoms. The third kappa shape index (κ3) is 6.03. The zero-order valence-electron chi connectivity index (χ0n) is 24.4. The summed E-state index contributed by atoms with van der Waals surface area (Å²) in [6.45, 7) is 2.28. The van der Waals surface area contributed by atoms with Gasteiger partial charge in [-0.15, -0.1) is 0 Å². The number of anilines is 1. The van der Waals surface area contributed by atoms with E-state index in [2.05, 4.69) is 54.0 Å². The van der Waals surface area contributed by atoms with Crippen molar-refractivity contribution in [2.24, 2.45) is 5.92 Å². The molecule has 0 amide bonds. The molecule has 0 radical (unpaired) electrons. The Morgan fingerprint density at radius 1 is 0.929 bits per heavy atom. The van der Waals surface area contributed by atoms with Crippen LogP contribution in [0.15, 0.2) is 93.2 Å². The van der Waals surface area contributed by atoms with Crippen LogP contribution in [0.3, 0.4) is 0 Å². The Balaban J connectivity index is 1.13. The van der Waals surface area contributed by atoms with Crippen LogP contribution < -0.4 is 9.77 Å². The Hall–Kier alpha value is -3.44. The van der Waals surface area contributed by atoms with Crippen molar-refractivity contribution in [2.45, 2.75) is 69.1 Å². The number of aromatic nitrogens is 1. The molecule has 6 heteroatoms. The van der Waals surface area contributed by atoms with Gasteiger partial charge in [0, 0.05) is 18.0 Å². The van der Waals surface area contributed by atoms with Gasteiger partial charge in [-0.05, 0) is 78.5 Å². The molecule has 1 aliphatic heterocycles. The summed E-state index contributed by atoms with van der Waals surface area (Å²) < 4.78 is 1.37. The number of fused-ring (bicyclic) bond motifs is 1. The van der Waals surface area contributed by atoms with E-state index in [1.165, 1.54) is 66.4 Å². The first kappa shape index (κ1) is 28.7. The second-order valence-electron chi connectivity index (χ2n) is 11.5. The highest BCUT2D eigenvalue weighted by Gasteiger charge is 2.23. The van der Waals surface area contributed by atoms with E-state index >= 15 is 0 Å². The molecule has 1 saturated carbocycles. The fourth-order valence-corrected chi connectivity index (χ4v) is 8.07. The number of unbranched alkanes of at least 4 members (excludes halogenated alkanes) is 2. The van der Waals surface area contributed by atoms with Crippen molar-refractivity contribution < 1.29 is 5.11 Å². The number of benzene rings is 3. The Kier molecular flexibility index (Phi) is 8.76.